The summed E-state index contributed by atoms with van der Waals surface area (Å²) in [6.07, 6.45) is 0. The number of fused-ring (bicyclic) bond motifs is 1. The van der Waals surface area contributed by atoms with Crippen LogP contribution in [-0.4, -0.2) is 35.0 Å². The molecule has 0 aliphatic heterocycles. The summed E-state index contributed by atoms with van der Waals surface area (Å²) >= 11 is 1.42. The van der Waals surface area contributed by atoms with Gasteiger partial charge in [0.15, 0.2) is 0 Å². The van der Waals surface area contributed by atoms with Crippen LogP contribution >= 0.6 is 11.3 Å². The predicted octanol–water partition coefficient (Wildman–Crippen LogP) is 2.76. The van der Waals surface area contributed by atoms with Crippen molar-refractivity contribution in [3.05, 3.63) is 34.7 Å². The van der Waals surface area contributed by atoms with E-state index in [0.29, 0.717) is 11.4 Å². The summed E-state index contributed by atoms with van der Waals surface area (Å²) in [4.78, 5) is 25.1. The molecule has 1 amide bonds. The number of rotatable bonds is 4. The maximum atomic E-state index is 12.4. The zero-order valence-electron chi connectivity index (χ0n) is 10.8. The number of likely N-dealkylation sites (N-methyl/N-ethyl adjacent to an activating group) is 1. The number of aryl methyl sites for hydroxylation is 1. The SMILES string of the molecule is CCN(CC(=O)O)C(=O)c1sc2ccccc2c1C. The van der Waals surface area contributed by atoms with Crippen LogP contribution in [0.4, 0.5) is 0 Å². The number of carbonyl (C=O) groups is 2. The van der Waals surface area contributed by atoms with Crippen molar-refractivity contribution in [3.8, 4) is 0 Å². The van der Waals surface area contributed by atoms with E-state index in [1.165, 1.54) is 16.2 Å². The van der Waals surface area contributed by atoms with Gasteiger partial charge in [-0.05, 0) is 30.9 Å². The second kappa shape index (κ2) is 5.40. The minimum atomic E-state index is -0.992. The van der Waals surface area contributed by atoms with Crippen LogP contribution < -0.4 is 0 Å². The van der Waals surface area contributed by atoms with Gasteiger partial charge in [-0.1, -0.05) is 18.2 Å². The maximum absolute atomic E-state index is 12.4. The van der Waals surface area contributed by atoms with E-state index in [2.05, 4.69) is 0 Å². The molecule has 0 saturated heterocycles. The lowest BCUT2D eigenvalue weighted by molar-refractivity contribution is -0.137. The summed E-state index contributed by atoms with van der Waals surface area (Å²) in [5, 5.41) is 9.89. The lowest BCUT2D eigenvalue weighted by Gasteiger charge is -2.17. The van der Waals surface area contributed by atoms with Crippen LogP contribution in [0.2, 0.25) is 0 Å². The van der Waals surface area contributed by atoms with Gasteiger partial charge in [0.05, 0.1) is 4.88 Å². The number of carboxylic acids is 1. The molecule has 1 heterocycles. The number of aliphatic carboxylic acids is 1. The summed E-state index contributed by atoms with van der Waals surface area (Å²) < 4.78 is 1.05. The van der Waals surface area contributed by atoms with Crippen molar-refractivity contribution < 1.29 is 14.7 Å². The van der Waals surface area contributed by atoms with Crippen molar-refractivity contribution >= 4 is 33.3 Å². The summed E-state index contributed by atoms with van der Waals surface area (Å²) in [6.45, 7) is 3.81. The highest BCUT2D eigenvalue weighted by molar-refractivity contribution is 7.21. The molecule has 0 bridgehead atoms. The molecule has 0 fully saturated rings. The second-order valence-corrected chi connectivity index (χ2v) is 5.32. The van der Waals surface area contributed by atoms with Crippen molar-refractivity contribution in [2.75, 3.05) is 13.1 Å². The molecule has 1 aromatic heterocycles. The van der Waals surface area contributed by atoms with Crippen LogP contribution in [-0.2, 0) is 4.79 Å². The minimum Gasteiger partial charge on any atom is -0.480 e. The Balaban J connectivity index is 2.40. The van der Waals surface area contributed by atoms with Gasteiger partial charge in [-0.15, -0.1) is 11.3 Å². The molecule has 0 aliphatic rings. The van der Waals surface area contributed by atoms with Crippen LogP contribution in [0.1, 0.15) is 22.2 Å². The number of carbonyl (C=O) groups excluding carboxylic acids is 1. The number of hydrogen-bond donors (Lipinski definition) is 1. The fraction of sp³-hybridized carbons (Fsp3) is 0.286. The second-order valence-electron chi connectivity index (χ2n) is 4.27. The van der Waals surface area contributed by atoms with Gasteiger partial charge in [0, 0.05) is 11.2 Å². The van der Waals surface area contributed by atoms with E-state index in [1.807, 2.05) is 31.2 Å². The van der Waals surface area contributed by atoms with Gasteiger partial charge in [-0.3, -0.25) is 9.59 Å². The Morgan fingerprint density at radius 3 is 2.58 bits per heavy atom. The first-order valence-corrected chi connectivity index (χ1v) is 6.85. The van der Waals surface area contributed by atoms with Gasteiger partial charge in [0.2, 0.25) is 0 Å². The number of thiophene rings is 1. The van der Waals surface area contributed by atoms with Gasteiger partial charge < -0.3 is 10.0 Å². The largest absolute Gasteiger partial charge is 0.480 e. The number of amides is 1. The van der Waals surface area contributed by atoms with E-state index in [1.54, 1.807) is 6.92 Å². The molecular weight excluding hydrogens is 262 g/mol. The third-order valence-electron chi connectivity index (χ3n) is 3.03. The molecule has 0 aliphatic carbocycles. The number of benzene rings is 1. The molecule has 0 radical (unpaired) electrons. The van der Waals surface area contributed by atoms with Crippen LogP contribution in [0.15, 0.2) is 24.3 Å². The molecule has 0 spiro atoms. The summed E-state index contributed by atoms with van der Waals surface area (Å²) in [6, 6.07) is 7.81. The number of hydrogen-bond acceptors (Lipinski definition) is 3. The van der Waals surface area contributed by atoms with Gasteiger partial charge in [-0.25, -0.2) is 0 Å². The molecule has 2 rings (SSSR count). The lowest BCUT2D eigenvalue weighted by Crippen LogP contribution is -2.35. The van der Waals surface area contributed by atoms with Gasteiger partial charge in [0.25, 0.3) is 5.91 Å². The molecule has 2 aromatic rings. The molecule has 0 unspecified atom stereocenters. The van der Waals surface area contributed by atoms with Crippen LogP contribution in [0.3, 0.4) is 0 Å². The zero-order chi connectivity index (χ0) is 14.0. The molecule has 1 N–H and O–H groups in total. The van der Waals surface area contributed by atoms with E-state index in [4.69, 9.17) is 5.11 Å². The average Bonchev–Trinajstić information content (AvgIpc) is 2.73. The molecule has 4 nitrogen and oxygen atoms in total. The molecule has 1 aromatic carbocycles. The van der Waals surface area contributed by atoms with E-state index in [9.17, 15) is 9.59 Å². The molecule has 5 heteroatoms. The normalized spacial score (nSPS) is 10.6. The summed E-state index contributed by atoms with van der Waals surface area (Å²) in [5.41, 5.74) is 0.925. The van der Waals surface area contributed by atoms with E-state index >= 15 is 0 Å². The molecule has 0 saturated carbocycles. The fourth-order valence-corrected chi connectivity index (χ4v) is 3.19. The monoisotopic (exact) mass is 277 g/mol. The molecular formula is C14H15NO3S. The highest BCUT2D eigenvalue weighted by Crippen LogP contribution is 2.31. The smallest absolute Gasteiger partial charge is 0.323 e. The Hall–Kier alpha value is -1.88. The Labute approximate surface area is 115 Å². The maximum Gasteiger partial charge on any atom is 0.323 e. The Bertz CT molecular complexity index is 633. The minimum absolute atomic E-state index is 0.205. The first-order chi connectivity index (χ1) is 9.04. The summed E-state index contributed by atoms with van der Waals surface area (Å²) in [5.74, 6) is -1.20. The Morgan fingerprint density at radius 1 is 1.32 bits per heavy atom. The predicted molar refractivity (Wildman–Crippen MR) is 75.8 cm³/mol. The van der Waals surface area contributed by atoms with E-state index in [0.717, 1.165) is 15.6 Å². The molecule has 100 valence electrons. The first kappa shape index (κ1) is 13.5. The highest BCUT2D eigenvalue weighted by Gasteiger charge is 2.21. The van der Waals surface area contributed by atoms with Gasteiger partial charge in [-0.2, -0.15) is 0 Å². The van der Waals surface area contributed by atoms with Crippen molar-refractivity contribution in [2.24, 2.45) is 0 Å². The van der Waals surface area contributed by atoms with Crippen molar-refractivity contribution in [3.63, 3.8) is 0 Å². The highest BCUT2D eigenvalue weighted by atomic mass is 32.1. The van der Waals surface area contributed by atoms with Crippen LogP contribution in [0.25, 0.3) is 10.1 Å². The van der Waals surface area contributed by atoms with E-state index < -0.39 is 5.97 Å². The fourth-order valence-electron chi connectivity index (χ4n) is 2.01. The standard InChI is InChI=1S/C14H15NO3S/c1-3-15(8-12(16)17)14(18)13-9(2)10-6-4-5-7-11(10)19-13/h4-7H,3,8H2,1-2H3,(H,16,17). The van der Waals surface area contributed by atoms with Crippen molar-refractivity contribution in [1.29, 1.82) is 0 Å². The first-order valence-electron chi connectivity index (χ1n) is 6.03. The zero-order valence-corrected chi connectivity index (χ0v) is 11.7. The molecule has 19 heavy (non-hydrogen) atoms. The topological polar surface area (TPSA) is 57.6 Å². The van der Waals surface area contributed by atoms with Crippen LogP contribution in [0.5, 0.6) is 0 Å². The lowest BCUT2D eigenvalue weighted by atomic mass is 10.1. The Kier molecular flexibility index (Phi) is 3.85. The van der Waals surface area contributed by atoms with Crippen molar-refractivity contribution in [1.82, 2.24) is 4.90 Å². The quantitative estimate of drug-likeness (QED) is 0.935. The third-order valence-corrected chi connectivity index (χ3v) is 4.29. The third kappa shape index (κ3) is 2.61. The Morgan fingerprint density at radius 2 is 2.00 bits per heavy atom. The average molecular weight is 277 g/mol. The molecule has 0 atom stereocenters. The van der Waals surface area contributed by atoms with E-state index in [-0.39, 0.29) is 12.5 Å². The van der Waals surface area contributed by atoms with Crippen LogP contribution in [0, 0.1) is 6.92 Å². The number of carboxylic acid groups (broad SMARTS) is 1. The van der Waals surface area contributed by atoms with Gasteiger partial charge >= 0.3 is 5.97 Å². The van der Waals surface area contributed by atoms with Crippen molar-refractivity contribution in [2.45, 2.75) is 13.8 Å². The summed E-state index contributed by atoms with van der Waals surface area (Å²) in [7, 11) is 0. The van der Waals surface area contributed by atoms with Gasteiger partial charge in [0.1, 0.15) is 6.54 Å². The number of nitrogens with zero attached hydrogens (tertiary/aromatic N) is 1.